The van der Waals surface area contributed by atoms with Gasteiger partial charge in [-0.1, -0.05) is 27.2 Å². The topological polar surface area (TPSA) is 38.5 Å². The molecule has 0 aromatic carbocycles. The first-order chi connectivity index (χ1) is 8.63. The predicted octanol–water partition coefficient (Wildman–Crippen LogP) is 2.78. The van der Waals surface area contributed by atoms with Gasteiger partial charge in [0, 0.05) is 24.7 Å². The first-order valence-corrected chi connectivity index (χ1v) is 7.68. The average Bonchev–Trinajstić information content (AvgIpc) is 2.40. The van der Waals surface area contributed by atoms with E-state index < -0.39 is 0 Å². The highest BCUT2D eigenvalue weighted by molar-refractivity contribution is 4.97. The summed E-state index contributed by atoms with van der Waals surface area (Å²) in [5.74, 6) is 0. The van der Waals surface area contributed by atoms with Crippen molar-refractivity contribution >= 4 is 0 Å². The van der Waals surface area contributed by atoms with Crippen molar-refractivity contribution in [3.05, 3.63) is 0 Å². The van der Waals surface area contributed by atoms with Crippen molar-refractivity contribution in [2.75, 3.05) is 20.2 Å². The van der Waals surface area contributed by atoms with Crippen molar-refractivity contribution in [1.29, 1.82) is 0 Å². The van der Waals surface area contributed by atoms with E-state index in [0.717, 1.165) is 26.0 Å². The molecular formula is C15H32N2O. The molecule has 2 unspecified atom stereocenters. The van der Waals surface area contributed by atoms with Crippen LogP contribution in [0.25, 0.3) is 0 Å². The van der Waals surface area contributed by atoms with Gasteiger partial charge in [0.05, 0.1) is 6.10 Å². The van der Waals surface area contributed by atoms with Crippen LogP contribution in [0.1, 0.15) is 59.3 Å². The molecule has 3 nitrogen and oxygen atoms in total. The van der Waals surface area contributed by atoms with Gasteiger partial charge in [0.15, 0.2) is 0 Å². The Hall–Kier alpha value is -0.120. The minimum atomic E-state index is 0.161. The van der Waals surface area contributed by atoms with Crippen LogP contribution in [0.5, 0.6) is 0 Å². The number of ether oxygens (including phenoxy) is 1. The Bertz CT molecular complexity index is 229. The fourth-order valence-corrected chi connectivity index (χ4v) is 3.38. The first kappa shape index (κ1) is 15.9. The Morgan fingerprint density at radius 1 is 1.33 bits per heavy atom. The van der Waals surface area contributed by atoms with Crippen molar-refractivity contribution in [3.63, 3.8) is 0 Å². The van der Waals surface area contributed by atoms with Gasteiger partial charge in [-0.15, -0.1) is 0 Å². The quantitative estimate of drug-likeness (QED) is 0.761. The van der Waals surface area contributed by atoms with E-state index in [4.69, 9.17) is 10.5 Å². The number of hydrogen-bond acceptors (Lipinski definition) is 3. The molecule has 1 fully saturated rings. The molecular weight excluding hydrogens is 224 g/mol. The fourth-order valence-electron chi connectivity index (χ4n) is 3.38. The standard InChI is InChI=1S/C15H32N2O/c1-5-8-14-11-15(12-16,9-10-18-14)17(4)13(6-2)7-3/h13-14H,5-12,16H2,1-4H3. The lowest BCUT2D eigenvalue weighted by Gasteiger charge is -2.49. The normalized spacial score (nSPS) is 29.2. The Morgan fingerprint density at radius 2 is 2.00 bits per heavy atom. The molecule has 1 rings (SSSR count). The van der Waals surface area contributed by atoms with Crippen LogP contribution in [-0.2, 0) is 4.74 Å². The highest BCUT2D eigenvalue weighted by atomic mass is 16.5. The third-order valence-electron chi connectivity index (χ3n) is 4.76. The van der Waals surface area contributed by atoms with Crippen molar-refractivity contribution in [3.8, 4) is 0 Å². The Morgan fingerprint density at radius 3 is 2.50 bits per heavy atom. The molecule has 0 radical (unpaired) electrons. The highest BCUT2D eigenvalue weighted by Crippen LogP contribution is 2.33. The van der Waals surface area contributed by atoms with Gasteiger partial charge in [-0.2, -0.15) is 0 Å². The molecule has 2 N–H and O–H groups in total. The molecule has 2 atom stereocenters. The molecule has 0 aromatic heterocycles. The van der Waals surface area contributed by atoms with Crippen LogP contribution in [0.15, 0.2) is 0 Å². The summed E-state index contributed by atoms with van der Waals surface area (Å²) < 4.78 is 5.89. The van der Waals surface area contributed by atoms with Crippen LogP contribution < -0.4 is 5.73 Å². The molecule has 18 heavy (non-hydrogen) atoms. The largest absolute Gasteiger partial charge is 0.378 e. The lowest BCUT2D eigenvalue weighted by Crippen LogP contribution is -2.59. The van der Waals surface area contributed by atoms with E-state index in [1.165, 1.54) is 25.7 Å². The molecule has 0 aliphatic carbocycles. The van der Waals surface area contributed by atoms with Crippen LogP contribution in [0.3, 0.4) is 0 Å². The van der Waals surface area contributed by atoms with Gasteiger partial charge in [0.1, 0.15) is 0 Å². The summed E-state index contributed by atoms with van der Waals surface area (Å²) in [6.45, 7) is 8.40. The van der Waals surface area contributed by atoms with Gasteiger partial charge in [0.25, 0.3) is 0 Å². The second kappa shape index (κ2) is 7.46. The number of nitrogens with zero attached hydrogens (tertiary/aromatic N) is 1. The second-order valence-corrected chi connectivity index (χ2v) is 5.75. The Labute approximate surface area is 113 Å². The lowest BCUT2D eigenvalue weighted by atomic mass is 9.82. The van der Waals surface area contributed by atoms with Crippen LogP contribution in [0.2, 0.25) is 0 Å². The minimum Gasteiger partial charge on any atom is -0.378 e. The van der Waals surface area contributed by atoms with E-state index in [1.54, 1.807) is 0 Å². The van der Waals surface area contributed by atoms with E-state index in [2.05, 4.69) is 32.7 Å². The summed E-state index contributed by atoms with van der Waals surface area (Å²) >= 11 is 0. The Balaban J connectivity index is 2.76. The fraction of sp³-hybridized carbons (Fsp3) is 1.00. The van der Waals surface area contributed by atoms with Gasteiger partial charge in [-0.25, -0.2) is 0 Å². The van der Waals surface area contributed by atoms with E-state index in [-0.39, 0.29) is 5.54 Å². The molecule has 1 aliphatic rings. The number of hydrogen-bond donors (Lipinski definition) is 1. The maximum atomic E-state index is 6.15. The molecule has 108 valence electrons. The SMILES string of the molecule is CCCC1CC(CN)(N(C)C(CC)CC)CCO1. The molecule has 0 aromatic rings. The molecule has 1 saturated heterocycles. The van der Waals surface area contributed by atoms with E-state index >= 15 is 0 Å². The highest BCUT2D eigenvalue weighted by Gasteiger charge is 2.40. The number of likely N-dealkylation sites (N-methyl/N-ethyl adjacent to an activating group) is 1. The summed E-state index contributed by atoms with van der Waals surface area (Å²) in [4.78, 5) is 2.55. The summed E-state index contributed by atoms with van der Waals surface area (Å²) in [7, 11) is 2.26. The third-order valence-corrected chi connectivity index (χ3v) is 4.76. The smallest absolute Gasteiger partial charge is 0.0593 e. The van der Waals surface area contributed by atoms with Gasteiger partial charge >= 0.3 is 0 Å². The van der Waals surface area contributed by atoms with Crippen LogP contribution >= 0.6 is 0 Å². The minimum absolute atomic E-state index is 0.161. The zero-order chi connectivity index (χ0) is 13.6. The van der Waals surface area contributed by atoms with Crippen LogP contribution in [0, 0.1) is 0 Å². The van der Waals surface area contributed by atoms with E-state index in [0.29, 0.717) is 12.1 Å². The van der Waals surface area contributed by atoms with Crippen molar-refractivity contribution in [2.24, 2.45) is 5.73 Å². The zero-order valence-corrected chi connectivity index (χ0v) is 12.7. The van der Waals surface area contributed by atoms with Crippen molar-refractivity contribution in [2.45, 2.75) is 77.0 Å². The second-order valence-electron chi connectivity index (χ2n) is 5.75. The van der Waals surface area contributed by atoms with Crippen molar-refractivity contribution < 1.29 is 4.74 Å². The molecule has 3 heteroatoms. The molecule has 0 amide bonds. The summed E-state index contributed by atoms with van der Waals surface area (Å²) in [6.07, 6.45) is 7.35. The van der Waals surface area contributed by atoms with Crippen molar-refractivity contribution in [1.82, 2.24) is 4.90 Å². The first-order valence-electron chi connectivity index (χ1n) is 7.68. The molecule has 1 heterocycles. The molecule has 0 bridgehead atoms. The summed E-state index contributed by atoms with van der Waals surface area (Å²) in [6, 6.07) is 0.647. The predicted molar refractivity (Wildman–Crippen MR) is 77.8 cm³/mol. The maximum Gasteiger partial charge on any atom is 0.0593 e. The van der Waals surface area contributed by atoms with E-state index in [9.17, 15) is 0 Å². The zero-order valence-electron chi connectivity index (χ0n) is 12.7. The number of nitrogens with two attached hydrogens (primary N) is 1. The summed E-state index contributed by atoms with van der Waals surface area (Å²) in [5.41, 5.74) is 6.31. The van der Waals surface area contributed by atoms with E-state index in [1.807, 2.05) is 0 Å². The van der Waals surface area contributed by atoms with Gasteiger partial charge < -0.3 is 10.5 Å². The maximum absolute atomic E-state index is 6.15. The monoisotopic (exact) mass is 256 g/mol. The molecule has 1 aliphatic heterocycles. The number of rotatable bonds is 7. The third kappa shape index (κ3) is 3.46. The summed E-state index contributed by atoms with van der Waals surface area (Å²) in [5, 5.41) is 0. The van der Waals surface area contributed by atoms with Crippen LogP contribution in [-0.4, -0.2) is 42.8 Å². The van der Waals surface area contributed by atoms with Gasteiger partial charge in [0.2, 0.25) is 0 Å². The lowest BCUT2D eigenvalue weighted by molar-refractivity contribution is -0.0785. The van der Waals surface area contributed by atoms with Crippen LogP contribution in [0.4, 0.5) is 0 Å². The van der Waals surface area contributed by atoms with Gasteiger partial charge in [-0.05, 0) is 39.2 Å². The molecule has 0 spiro atoms. The Kier molecular flexibility index (Phi) is 6.61. The molecule has 0 saturated carbocycles. The average molecular weight is 256 g/mol. The van der Waals surface area contributed by atoms with Gasteiger partial charge in [-0.3, -0.25) is 4.90 Å².